The molecular weight excluding hydrogens is 176 g/mol. The molecule has 13 heavy (non-hydrogen) atoms. The second kappa shape index (κ2) is 3.17. The molecule has 1 unspecified atom stereocenters. The number of halogens is 2. The van der Waals surface area contributed by atoms with Crippen LogP contribution in [-0.2, 0) is 4.74 Å². The van der Waals surface area contributed by atoms with Gasteiger partial charge in [-0.15, -0.1) is 0 Å². The zero-order chi connectivity index (χ0) is 9.47. The lowest BCUT2D eigenvalue weighted by molar-refractivity contribution is -0.138. The van der Waals surface area contributed by atoms with Crippen molar-refractivity contribution in [3.05, 3.63) is 0 Å². The molecule has 0 aliphatic carbocycles. The molecule has 0 radical (unpaired) electrons. The normalized spacial score (nSPS) is 35.8. The number of piperidine rings is 1. The Kier molecular flexibility index (Phi) is 2.28. The standard InChI is InChI=1S/C9H15F2NO/c1-7-4-12(8-5-13-6-8)3-2-9(7,10)11/h7-8H,2-6H2,1H3. The van der Waals surface area contributed by atoms with Crippen LogP contribution in [0.1, 0.15) is 13.3 Å². The number of nitrogens with zero attached hydrogens (tertiary/aromatic N) is 1. The summed E-state index contributed by atoms with van der Waals surface area (Å²) in [6.07, 6.45) is 0.00463. The van der Waals surface area contributed by atoms with Gasteiger partial charge in [0.05, 0.1) is 19.3 Å². The van der Waals surface area contributed by atoms with Gasteiger partial charge in [-0.05, 0) is 0 Å². The molecule has 0 amide bonds. The van der Waals surface area contributed by atoms with Crippen LogP contribution in [-0.4, -0.2) is 43.2 Å². The van der Waals surface area contributed by atoms with Crippen LogP contribution in [0.3, 0.4) is 0 Å². The number of hydrogen-bond donors (Lipinski definition) is 0. The van der Waals surface area contributed by atoms with Crippen LogP contribution in [0.2, 0.25) is 0 Å². The van der Waals surface area contributed by atoms with Gasteiger partial charge in [-0.3, -0.25) is 4.90 Å². The van der Waals surface area contributed by atoms with Gasteiger partial charge in [-0.25, -0.2) is 8.78 Å². The Morgan fingerprint density at radius 2 is 2.08 bits per heavy atom. The molecule has 4 heteroatoms. The maximum atomic E-state index is 13.1. The van der Waals surface area contributed by atoms with Crippen molar-refractivity contribution in [3.8, 4) is 0 Å². The van der Waals surface area contributed by atoms with Crippen molar-refractivity contribution < 1.29 is 13.5 Å². The molecule has 0 aromatic rings. The number of ether oxygens (including phenoxy) is 1. The molecule has 0 saturated carbocycles. The van der Waals surface area contributed by atoms with E-state index in [1.807, 2.05) is 0 Å². The third-order valence-corrected chi connectivity index (χ3v) is 3.10. The molecule has 0 aromatic carbocycles. The molecule has 0 bridgehead atoms. The minimum atomic E-state index is -2.46. The van der Waals surface area contributed by atoms with Crippen molar-refractivity contribution in [1.82, 2.24) is 4.90 Å². The molecule has 2 heterocycles. The first-order valence-electron chi connectivity index (χ1n) is 4.79. The van der Waals surface area contributed by atoms with Crippen LogP contribution >= 0.6 is 0 Å². The summed E-state index contributed by atoms with van der Waals surface area (Å²) in [5.41, 5.74) is 0. The predicted molar refractivity (Wildman–Crippen MR) is 44.9 cm³/mol. The fraction of sp³-hybridized carbons (Fsp3) is 1.00. The van der Waals surface area contributed by atoms with Gasteiger partial charge in [-0.1, -0.05) is 6.92 Å². The highest BCUT2D eigenvalue weighted by Gasteiger charge is 2.43. The lowest BCUT2D eigenvalue weighted by Crippen LogP contribution is -2.56. The maximum absolute atomic E-state index is 13.1. The van der Waals surface area contributed by atoms with Gasteiger partial charge in [-0.2, -0.15) is 0 Å². The first kappa shape index (κ1) is 9.34. The smallest absolute Gasteiger partial charge is 0.253 e. The van der Waals surface area contributed by atoms with Crippen LogP contribution < -0.4 is 0 Å². The Bertz CT molecular complexity index is 194. The lowest BCUT2D eigenvalue weighted by atomic mass is 9.94. The third-order valence-electron chi connectivity index (χ3n) is 3.10. The Labute approximate surface area is 76.9 Å². The zero-order valence-electron chi connectivity index (χ0n) is 7.80. The van der Waals surface area contributed by atoms with E-state index >= 15 is 0 Å². The summed E-state index contributed by atoms with van der Waals surface area (Å²) < 4.78 is 31.2. The van der Waals surface area contributed by atoms with Crippen molar-refractivity contribution >= 4 is 0 Å². The molecule has 0 spiro atoms. The second-order valence-electron chi connectivity index (χ2n) is 4.10. The first-order valence-corrected chi connectivity index (χ1v) is 4.79. The average molecular weight is 191 g/mol. The third kappa shape index (κ3) is 1.70. The molecule has 1 atom stereocenters. The van der Waals surface area contributed by atoms with Crippen molar-refractivity contribution in [1.29, 1.82) is 0 Å². The van der Waals surface area contributed by atoms with E-state index in [9.17, 15) is 8.78 Å². The fourth-order valence-corrected chi connectivity index (χ4v) is 1.88. The summed E-state index contributed by atoms with van der Waals surface area (Å²) in [6.45, 7) is 4.11. The maximum Gasteiger partial charge on any atom is 0.253 e. The number of likely N-dealkylation sites (tertiary alicyclic amines) is 1. The van der Waals surface area contributed by atoms with E-state index in [0.29, 0.717) is 19.1 Å². The van der Waals surface area contributed by atoms with Crippen molar-refractivity contribution in [2.24, 2.45) is 5.92 Å². The first-order chi connectivity index (χ1) is 6.09. The van der Waals surface area contributed by atoms with E-state index in [0.717, 1.165) is 13.2 Å². The summed E-state index contributed by atoms with van der Waals surface area (Å²) in [5.74, 6) is -2.97. The number of hydrogen-bond acceptors (Lipinski definition) is 2. The van der Waals surface area contributed by atoms with Crippen molar-refractivity contribution in [3.63, 3.8) is 0 Å². The monoisotopic (exact) mass is 191 g/mol. The van der Waals surface area contributed by atoms with Gasteiger partial charge < -0.3 is 4.74 Å². The molecule has 2 fully saturated rings. The zero-order valence-corrected chi connectivity index (χ0v) is 7.80. The van der Waals surface area contributed by atoms with Crippen LogP contribution in [0.4, 0.5) is 8.78 Å². The van der Waals surface area contributed by atoms with Gasteiger partial charge in [0.15, 0.2) is 0 Å². The van der Waals surface area contributed by atoms with Gasteiger partial charge in [0.25, 0.3) is 5.92 Å². The SMILES string of the molecule is CC1CN(C2COC2)CCC1(F)F. The second-order valence-corrected chi connectivity index (χ2v) is 4.10. The van der Waals surface area contributed by atoms with Gasteiger partial charge in [0.2, 0.25) is 0 Å². The Morgan fingerprint density at radius 1 is 1.38 bits per heavy atom. The highest BCUT2D eigenvalue weighted by atomic mass is 19.3. The predicted octanol–water partition coefficient (Wildman–Crippen LogP) is 1.36. The van der Waals surface area contributed by atoms with E-state index in [1.165, 1.54) is 0 Å². The Morgan fingerprint density at radius 3 is 2.54 bits per heavy atom. The molecule has 2 aliphatic rings. The van der Waals surface area contributed by atoms with E-state index in [1.54, 1.807) is 6.92 Å². The molecule has 2 aliphatic heterocycles. The summed E-state index contributed by atoms with van der Waals surface area (Å²) >= 11 is 0. The quantitative estimate of drug-likeness (QED) is 0.620. The van der Waals surface area contributed by atoms with Crippen molar-refractivity contribution in [2.45, 2.75) is 25.3 Å². The number of alkyl halides is 2. The van der Waals surface area contributed by atoms with E-state index in [2.05, 4.69) is 4.90 Å². The summed E-state index contributed by atoms with van der Waals surface area (Å²) in [6, 6.07) is 0.401. The molecule has 0 aromatic heterocycles. The number of rotatable bonds is 1. The lowest BCUT2D eigenvalue weighted by Gasteiger charge is -2.43. The molecular formula is C9H15F2NO. The van der Waals surface area contributed by atoms with E-state index < -0.39 is 11.8 Å². The molecule has 0 N–H and O–H groups in total. The Balaban J connectivity index is 1.90. The average Bonchev–Trinajstić information content (AvgIpc) is 1.94. The molecule has 2 saturated heterocycles. The van der Waals surface area contributed by atoms with Crippen LogP contribution in [0.5, 0.6) is 0 Å². The van der Waals surface area contributed by atoms with Crippen LogP contribution in [0.25, 0.3) is 0 Å². The molecule has 76 valence electrons. The Hall–Kier alpha value is -0.220. The summed E-state index contributed by atoms with van der Waals surface area (Å²) in [7, 11) is 0. The fourth-order valence-electron chi connectivity index (χ4n) is 1.88. The molecule has 2 nitrogen and oxygen atoms in total. The van der Waals surface area contributed by atoms with Gasteiger partial charge in [0.1, 0.15) is 0 Å². The molecule has 2 rings (SSSR count). The van der Waals surface area contributed by atoms with Crippen LogP contribution in [0, 0.1) is 5.92 Å². The largest absolute Gasteiger partial charge is 0.378 e. The highest BCUT2D eigenvalue weighted by Crippen LogP contribution is 2.34. The van der Waals surface area contributed by atoms with Crippen molar-refractivity contribution in [2.75, 3.05) is 26.3 Å². The van der Waals surface area contributed by atoms with Gasteiger partial charge in [0, 0.05) is 25.4 Å². The summed E-state index contributed by atoms with van der Waals surface area (Å²) in [4.78, 5) is 2.13. The minimum absolute atomic E-state index is 0.00463. The van der Waals surface area contributed by atoms with Gasteiger partial charge >= 0.3 is 0 Å². The topological polar surface area (TPSA) is 12.5 Å². The highest BCUT2D eigenvalue weighted by molar-refractivity contribution is 4.88. The minimum Gasteiger partial charge on any atom is -0.378 e. The summed E-state index contributed by atoms with van der Waals surface area (Å²) in [5, 5.41) is 0. The van der Waals surface area contributed by atoms with E-state index in [4.69, 9.17) is 4.74 Å². The van der Waals surface area contributed by atoms with Crippen LogP contribution in [0.15, 0.2) is 0 Å². The van der Waals surface area contributed by atoms with E-state index in [-0.39, 0.29) is 6.42 Å².